The molecule has 7 heteroatoms. The fourth-order valence-electron chi connectivity index (χ4n) is 2.59. The van der Waals surface area contributed by atoms with Gasteiger partial charge in [0.1, 0.15) is 12.4 Å². The van der Waals surface area contributed by atoms with Crippen LogP contribution in [0.2, 0.25) is 0 Å². The third kappa shape index (κ3) is 2.85. The first kappa shape index (κ1) is 15.0. The maximum atomic E-state index is 12.3. The molecular formula is C16H17N5O2. The lowest BCUT2D eigenvalue weighted by molar-refractivity contribution is -0.116. The molecule has 1 N–H and O–H groups in total. The van der Waals surface area contributed by atoms with Crippen molar-refractivity contribution in [1.29, 1.82) is 0 Å². The van der Waals surface area contributed by atoms with Crippen LogP contribution in [0, 0.1) is 13.8 Å². The van der Waals surface area contributed by atoms with Crippen LogP contribution in [-0.4, -0.2) is 25.2 Å². The average molecular weight is 311 g/mol. The van der Waals surface area contributed by atoms with Gasteiger partial charge in [-0.2, -0.15) is 10.1 Å². The number of rotatable bonds is 3. The quantitative estimate of drug-likeness (QED) is 0.792. The average Bonchev–Trinajstić information content (AvgIpc) is 2.81. The Morgan fingerprint density at radius 1 is 1.26 bits per heavy atom. The van der Waals surface area contributed by atoms with Crippen LogP contribution in [0.25, 0.3) is 10.9 Å². The number of hydrogen-bond acceptors (Lipinski definition) is 4. The summed E-state index contributed by atoms with van der Waals surface area (Å²) in [6.45, 7) is 3.67. The standard InChI is InChI=1S/C16H17N5O2/c1-10-8-14(22)12-6-4-5-7-13(12)21(10)9-15(23)18-16-17-11(2)19-20(16)3/h4-8H,9H2,1-3H3,(H,17,18,19,23). The van der Waals surface area contributed by atoms with Gasteiger partial charge in [0.2, 0.25) is 11.9 Å². The summed E-state index contributed by atoms with van der Waals surface area (Å²) in [6, 6.07) is 8.80. The van der Waals surface area contributed by atoms with Crippen molar-refractivity contribution in [2.45, 2.75) is 20.4 Å². The molecule has 0 unspecified atom stereocenters. The van der Waals surface area contributed by atoms with Crippen LogP contribution in [0.5, 0.6) is 0 Å². The van der Waals surface area contributed by atoms with Crippen LogP contribution in [0.15, 0.2) is 35.1 Å². The normalized spacial score (nSPS) is 10.9. The Labute approximate surface area is 132 Å². The van der Waals surface area contributed by atoms with E-state index in [2.05, 4.69) is 15.4 Å². The van der Waals surface area contributed by atoms with Crippen molar-refractivity contribution in [2.75, 3.05) is 5.32 Å². The molecule has 0 bridgehead atoms. The van der Waals surface area contributed by atoms with E-state index in [0.717, 1.165) is 11.2 Å². The molecule has 0 saturated heterocycles. The zero-order valence-corrected chi connectivity index (χ0v) is 13.2. The van der Waals surface area contributed by atoms with E-state index in [-0.39, 0.29) is 17.9 Å². The van der Waals surface area contributed by atoms with Crippen molar-refractivity contribution in [3.05, 3.63) is 52.1 Å². The first-order chi connectivity index (χ1) is 11.0. The van der Waals surface area contributed by atoms with Crippen LogP contribution in [-0.2, 0) is 18.4 Å². The molecular weight excluding hydrogens is 294 g/mol. The lowest BCUT2D eigenvalue weighted by Crippen LogP contribution is -2.23. The molecule has 3 aromatic rings. The van der Waals surface area contributed by atoms with Crippen molar-refractivity contribution in [3.8, 4) is 0 Å². The molecule has 0 saturated carbocycles. The molecule has 0 radical (unpaired) electrons. The highest BCUT2D eigenvalue weighted by Crippen LogP contribution is 2.13. The summed E-state index contributed by atoms with van der Waals surface area (Å²) >= 11 is 0. The molecule has 0 atom stereocenters. The first-order valence-corrected chi connectivity index (χ1v) is 7.22. The molecule has 1 amide bonds. The summed E-state index contributed by atoms with van der Waals surface area (Å²) in [6.07, 6.45) is 0. The summed E-state index contributed by atoms with van der Waals surface area (Å²) in [4.78, 5) is 28.5. The number of nitrogens with zero attached hydrogens (tertiary/aromatic N) is 4. The Kier molecular flexibility index (Phi) is 3.69. The summed E-state index contributed by atoms with van der Waals surface area (Å²) in [7, 11) is 1.72. The smallest absolute Gasteiger partial charge is 0.246 e. The van der Waals surface area contributed by atoms with Crippen molar-refractivity contribution in [3.63, 3.8) is 0 Å². The minimum absolute atomic E-state index is 0.0429. The number of pyridine rings is 1. The number of anilines is 1. The van der Waals surface area contributed by atoms with Gasteiger partial charge in [0.15, 0.2) is 5.43 Å². The largest absolute Gasteiger partial charge is 0.335 e. The molecule has 2 heterocycles. The second kappa shape index (κ2) is 5.68. The Morgan fingerprint density at radius 2 is 2.00 bits per heavy atom. The Morgan fingerprint density at radius 3 is 2.70 bits per heavy atom. The van der Waals surface area contributed by atoms with E-state index in [1.54, 1.807) is 26.1 Å². The first-order valence-electron chi connectivity index (χ1n) is 7.22. The molecule has 0 aliphatic heterocycles. The fourth-order valence-corrected chi connectivity index (χ4v) is 2.59. The minimum atomic E-state index is -0.225. The zero-order chi connectivity index (χ0) is 16.6. The topological polar surface area (TPSA) is 81.8 Å². The monoisotopic (exact) mass is 311 g/mol. The van der Waals surface area contributed by atoms with Gasteiger partial charge in [0, 0.05) is 24.2 Å². The number of hydrogen-bond donors (Lipinski definition) is 1. The second-order valence-electron chi connectivity index (χ2n) is 5.41. The van der Waals surface area contributed by atoms with Crippen LogP contribution in [0.4, 0.5) is 5.95 Å². The Bertz CT molecular complexity index is 955. The van der Waals surface area contributed by atoms with Crippen LogP contribution >= 0.6 is 0 Å². The number of para-hydroxylation sites is 1. The summed E-state index contributed by atoms with van der Waals surface area (Å²) in [5, 5.41) is 7.43. The summed E-state index contributed by atoms with van der Waals surface area (Å²) in [5.41, 5.74) is 1.43. The lowest BCUT2D eigenvalue weighted by atomic mass is 10.2. The predicted molar refractivity (Wildman–Crippen MR) is 87.3 cm³/mol. The number of aryl methyl sites for hydroxylation is 3. The van der Waals surface area contributed by atoms with Gasteiger partial charge >= 0.3 is 0 Å². The molecule has 2 aromatic heterocycles. The number of benzene rings is 1. The van der Waals surface area contributed by atoms with Crippen molar-refractivity contribution >= 4 is 22.8 Å². The maximum absolute atomic E-state index is 12.3. The van der Waals surface area contributed by atoms with Crippen LogP contribution in [0.1, 0.15) is 11.5 Å². The molecule has 0 aliphatic rings. The van der Waals surface area contributed by atoms with Gasteiger partial charge in [-0.25, -0.2) is 4.68 Å². The van der Waals surface area contributed by atoms with E-state index in [1.807, 2.05) is 29.7 Å². The van der Waals surface area contributed by atoms with Crippen molar-refractivity contribution in [1.82, 2.24) is 19.3 Å². The van der Waals surface area contributed by atoms with Gasteiger partial charge in [-0.3, -0.25) is 14.9 Å². The van der Waals surface area contributed by atoms with Gasteiger partial charge in [-0.05, 0) is 26.0 Å². The van der Waals surface area contributed by atoms with E-state index >= 15 is 0 Å². The number of fused-ring (bicyclic) bond motifs is 1. The number of nitrogens with one attached hydrogen (secondary N) is 1. The van der Waals surface area contributed by atoms with E-state index < -0.39 is 0 Å². The number of carbonyl (C=O) groups excluding carboxylic acids is 1. The van der Waals surface area contributed by atoms with E-state index in [9.17, 15) is 9.59 Å². The number of amides is 1. The zero-order valence-electron chi connectivity index (χ0n) is 13.2. The number of aromatic nitrogens is 4. The highest BCUT2D eigenvalue weighted by molar-refractivity contribution is 5.90. The second-order valence-corrected chi connectivity index (χ2v) is 5.41. The van der Waals surface area contributed by atoms with Gasteiger partial charge in [-0.1, -0.05) is 12.1 Å². The third-order valence-electron chi connectivity index (χ3n) is 3.65. The van der Waals surface area contributed by atoms with Gasteiger partial charge in [-0.15, -0.1) is 0 Å². The SMILES string of the molecule is Cc1nc(NC(=O)Cn2c(C)cc(=O)c3ccccc32)n(C)n1. The summed E-state index contributed by atoms with van der Waals surface area (Å²) < 4.78 is 3.33. The molecule has 0 spiro atoms. The maximum Gasteiger partial charge on any atom is 0.246 e. The van der Waals surface area contributed by atoms with Gasteiger partial charge in [0.05, 0.1) is 5.52 Å². The molecule has 23 heavy (non-hydrogen) atoms. The Hall–Kier alpha value is -2.96. The highest BCUT2D eigenvalue weighted by atomic mass is 16.2. The van der Waals surface area contributed by atoms with E-state index in [0.29, 0.717) is 17.2 Å². The van der Waals surface area contributed by atoms with Crippen LogP contribution in [0.3, 0.4) is 0 Å². The molecule has 1 aromatic carbocycles. The molecule has 7 nitrogen and oxygen atoms in total. The molecule has 0 aliphatic carbocycles. The van der Waals surface area contributed by atoms with E-state index in [1.165, 1.54) is 4.68 Å². The fraction of sp³-hybridized carbons (Fsp3) is 0.250. The van der Waals surface area contributed by atoms with Gasteiger partial charge < -0.3 is 4.57 Å². The molecule has 118 valence electrons. The summed E-state index contributed by atoms with van der Waals surface area (Å²) in [5.74, 6) is 0.765. The third-order valence-corrected chi connectivity index (χ3v) is 3.65. The Balaban J connectivity index is 1.94. The molecule has 0 fully saturated rings. The van der Waals surface area contributed by atoms with Crippen molar-refractivity contribution in [2.24, 2.45) is 7.05 Å². The minimum Gasteiger partial charge on any atom is -0.335 e. The highest BCUT2D eigenvalue weighted by Gasteiger charge is 2.12. The van der Waals surface area contributed by atoms with Crippen molar-refractivity contribution < 1.29 is 4.79 Å². The van der Waals surface area contributed by atoms with Crippen LogP contribution < -0.4 is 10.7 Å². The number of carbonyl (C=O) groups is 1. The molecule has 3 rings (SSSR count). The van der Waals surface area contributed by atoms with E-state index in [4.69, 9.17) is 0 Å². The lowest BCUT2D eigenvalue weighted by Gasteiger charge is -2.14. The van der Waals surface area contributed by atoms with Gasteiger partial charge in [0.25, 0.3) is 0 Å². The predicted octanol–water partition coefficient (Wildman–Crippen LogP) is 1.39.